The molecule has 1 aliphatic heterocycles. The van der Waals surface area contributed by atoms with Gasteiger partial charge in [-0.15, -0.1) is 0 Å². The Balaban J connectivity index is 1.57. The number of hydrogen-bond acceptors (Lipinski definition) is 3. The van der Waals surface area contributed by atoms with Crippen molar-refractivity contribution in [1.82, 2.24) is 10.2 Å². The molecule has 1 aromatic carbocycles. The fourth-order valence-corrected chi connectivity index (χ4v) is 4.05. The van der Waals surface area contributed by atoms with Crippen LogP contribution in [0.15, 0.2) is 30.3 Å². The highest BCUT2D eigenvalue weighted by atomic mass is 32.2. The Labute approximate surface area is 127 Å². The third kappa shape index (κ3) is 3.78. The minimum Gasteiger partial charge on any atom is -0.312 e. The fourth-order valence-electron chi connectivity index (χ4n) is 3.23. The van der Waals surface area contributed by atoms with Gasteiger partial charge in [0.2, 0.25) is 0 Å². The van der Waals surface area contributed by atoms with E-state index in [1.807, 2.05) is 0 Å². The molecule has 0 spiro atoms. The average Bonchev–Trinajstić information content (AvgIpc) is 3.26. The lowest BCUT2D eigenvalue weighted by Crippen LogP contribution is -2.41. The van der Waals surface area contributed by atoms with E-state index in [-0.39, 0.29) is 0 Å². The summed E-state index contributed by atoms with van der Waals surface area (Å²) in [6, 6.07) is 11.5. The quantitative estimate of drug-likeness (QED) is 0.898. The van der Waals surface area contributed by atoms with Crippen molar-refractivity contribution in [3.05, 3.63) is 35.9 Å². The van der Waals surface area contributed by atoms with Crippen LogP contribution >= 0.6 is 11.8 Å². The zero-order valence-electron chi connectivity index (χ0n) is 12.5. The van der Waals surface area contributed by atoms with Crippen LogP contribution in [0.4, 0.5) is 0 Å². The molecule has 1 atom stereocenters. The van der Waals surface area contributed by atoms with Crippen molar-refractivity contribution < 1.29 is 0 Å². The molecule has 3 heteroatoms. The van der Waals surface area contributed by atoms with Gasteiger partial charge in [-0.05, 0) is 50.6 Å². The standard InChI is InChI=1S/C17H26N2S/c1-20-17(8-9-17)14-19-11-5-10-18-16(13-19)12-15-6-3-2-4-7-15/h2-4,6-7,16,18H,5,8-14H2,1H3. The molecule has 2 aliphatic rings. The molecule has 1 unspecified atom stereocenters. The monoisotopic (exact) mass is 290 g/mol. The zero-order chi connectivity index (χ0) is 13.8. The fraction of sp³-hybridized carbons (Fsp3) is 0.647. The maximum absolute atomic E-state index is 3.74. The second kappa shape index (κ2) is 6.50. The minimum atomic E-state index is 0.599. The van der Waals surface area contributed by atoms with E-state index in [0.717, 1.165) is 6.42 Å². The van der Waals surface area contributed by atoms with E-state index in [1.54, 1.807) is 0 Å². The predicted molar refractivity (Wildman–Crippen MR) is 88.5 cm³/mol. The largest absolute Gasteiger partial charge is 0.312 e. The summed E-state index contributed by atoms with van der Waals surface area (Å²) < 4.78 is 0.599. The topological polar surface area (TPSA) is 15.3 Å². The summed E-state index contributed by atoms with van der Waals surface area (Å²) in [5, 5.41) is 3.74. The molecule has 110 valence electrons. The van der Waals surface area contributed by atoms with Crippen molar-refractivity contribution in [1.29, 1.82) is 0 Å². The van der Waals surface area contributed by atoms with E-state index in [9.17, 15) is 0 Å². The first-order valence-electron chi connectivity index (χ1n) is 7.84. The Morgan fingerprint density at radius 3 is 2.80 bits per heavy atom. The van der Waals surface area contributed by atoms with E-state index >= 15 is 0 Å². The van der Waals surface area contributed by atoms with E-state index in [4.69, 9.17) is 0 Å². The van der Waals surface area contributed by atoms with Crippen LogP contribution in [0.25, 0.3) is 0 Å². The molecule has 1 aromatic rings. The lowest BCUT2D eigenvalue weighted by atomic mass is 10.1. The molecule has 1 heterocycles. The number of nitrogens with one attached hydrogen (secondary N) is 1. The molecule has 0 bridgehead atoms. The van der Waals surface area contributed by atoms with Gasteiger partial charge in [-0.25, -0.2) is 0 Å². The summed E-state index contributed by atoms with van der Waals surface area (Å²) in [5.74, 6) is 0. The summed E-state index contributed by atoms with van der Waals surface area (Å²) in [5.41, 5.74) is 1.46. The van der Waals surface area contributed by atoms with Crippen LogP contribution in [0.2, 0.25) is 0 Å². The van der Waals surface area contributed by atoms with Crippen LogP contribution in [0.5, 0.6) is 0 Å². The van der Waals surface area contributed by atoms with Crippen molar-refractivity contribution in [2.24, 2.45) is 0 Å². The van der Waals surface area contributed by atoms with Crippen molar-refractivity contribution in [3.8, 4) is 0 Å². The molecule has 1 N–H and O–H groups in total. The predicted octanol–water partition coefficient (Wildman–Crippen LogP) is 2.79. The maximum atomic E-state index is 3.74. The zero-order valence-corrected chi connectivity index (χ0v) is 13.3. The highest BCUT2D eigenvalue weighted by Crippen LogP contribution is 2.47. The lowest BCUT2D eigenvalue weighted by Gasteiger charge is -2.28. The van der Waals surface area contributed by atoms with Crippen molar-refractivity contribution in [2.75, 3.05) is 32.4 Å². The third-order valence-corrected chi connectivity index (χ3v) is 6.04. The Kier molecular flexibility index (Phi) is 4.69. The second-order valence-corrected chi connectivity index (χ2v) is 7.59. The molecule has 1 aliphatic carbocycles. The summed E-state index contributed by atoms with van der Waals surface area (Å²) in [6.07, 6.45) is 7.56. The Morgan fingerprint density at radius 2 is 2.10 bits per heavy atom. The van der Waals surface area contributed by atoms with Crippen LogP contribution in [0.3, 0.4) is 0 Å². The number of rotatable bonds is 5. The Morgan fingerprint density at radius 1 is 1.30 bits per heavy atom. The van der Waals surface area contributed by atoms with Crippen LogP contribution in [0.1, 0.15) is 24.8 Å². The lowest BCUT2D eigenvalue weighted by molar-refractivity contribution is 0.264. The van der Waals surface area contributed by atoms with Crippen LogP contribution in [-0.4, -0.2) is 48.1 Å². The first-order chi connectivity index (χ1) is 9.80. The first-order valence-corrected chi connectivity index (χ1v) is 9.07. The van der Waals surface area contributed by atoms with Crippen molar-refractivity contribution in [2.45, 2.75) is 36.5 Å². The van der Waals surface area contributed by atoms with Crippen LogP contribution in [-0.2, 0) is 6.42 Å². The summed E-state index contributed by atoms with van der Waals surface area (Å²) >= 11 is 2.08. The molecule has 2 fully saturated rings. The van der Waals surface area contributed by atoms with Gasteiger partial charge in [0.1, 0.15) is 0 Å². The van der Waals surface area contributed by atoms with E-state index in [2.05, 4.69) is 58.6 Å². The van der Waals surface area contributed by atoms with E-state index < -0.39 is 0 Å². The molecule has 1 saturated heterocycles. The molecule has 0 aromatic heterocycles. The smallest absolute Gasteiger partial charge is 0.0285 e. The van der Waals surface area contributed by atoms with Gasteiger partial charge in [0.15, 0.2) is 0 Å². The molecule has 3 rings (SSSR count). The van der Waals surface area contributed by atoms with Crippen LogP contribution in [0, 0.1) is 0 Å². The highest BCUT2D eigenvalue weighted by Gasteiger charge is 2.43. The van der Waals surface area contributed by atoms with Crippen molar-refractivity contribution in [3.63, 3.8) is 0 Å². The van der Waals surface area contributed by atoms with E-state index in [1.165, 1.54) is 51.0 Å². The van der Waals surface area contributed by atoms with Gasteiger partial charge >= 0.3 is 0 Å². The van der Waals surface area contributed by atoms with Gasteiger partial charge in [0, 0.05) is 23.9 Å². The maximum Gasteiger partial charge on any atom is 0.0285 e. The number of nitrogens with zero attached hydrogens (tertiary/aromatic N) is 1. The molecule has 1 saturated carbocycles. The second-order valence-electron chi connectivity index (χ2n) is 6.32. The molecule has 0 amide bonds. The van der Waals surface area contributed by atoms with Crippen molar-refractivity contribution >= 4 is 11.8 Å². The van der Waals surface area contributed by atoms with Gasteiger partial charge in [-0.2, -0.15) is 11.8 Å². The van der Waals surface area contributed by atoms with Crippen LogP contribution < -0.4 is 5.32 Å². The van der Waals surface area contributed by atoms with Gasteiger partial charge in [0.25, 0.3) is 0 Å². The third-order valence-electron chi connectivity index (χ3n) is 4.64. The Hall–Kier alpha value is -0.510. The Bertz CT molecular complexity index is 416. The SMILES string of the molecule is CSC1(CN2CCCNC(Cc3ccccc3)C2)CC1. The molecule has 2 nitrogen and oxygen atoms in total. The summed E-state index contributed by atoms with van der Waals surface area (Å²) in [7, 11) is 0. The molecular formula is C17H26N2S. The number of benzene rings is 1. The normalized spacial score (nSPS) is 26.1. The number of hydrogen-bond donors (Lipinski definition) is 1. The summed E-state index contributed by atoms with van der Waals surface area (Å²) in [4.78, 5) is 2.71. The van der Waals surface area contributed by atoms with Gasteiger partial charge < -0.3 is 10.2 Å². The molecule has 20 heavy (non-hydrogen) atoms. The van der Waals surface area contributed by atoms with Gasteiger partial charge in [0.05, 0.1) is 0 Å². The molecular weight excluding hydrogens is 264 g/mol. The van der Waals surface area contributed by atoms with Gasteiger partial charge in [-0.1, -0.05) is 30.3 Å². The number of thioether (sulfide) groups is 1. The van der Waals surface area contributed by atoms with Gasteiger partial charge in [-0.3, -0.25) is 0 Å². The summed E-state index contributed by atoms with van der Waals surface area (Å²) in [6.45, 7) is 4.93. The minimum absolute atomic E-state index is 0.599. The molecule has 0 radical (unpaired) electrons. The first kappa shape index (κ1) is 14.4. The average molecular weight is 290 g/mol. The van der Waals surface area contributed by atoms with E-state index in [0.29, 0.717) is 10.8 Å². The highest BCUT2D eigenvalue weighted by molar-refractivity contribution is 8.00.